The van der Waals surface area contributed by atoms with E-state index in [1.165, 1.54) is 0 Å². The van der Waals surface area contributed by atoms with Crippen LogP contribution in [0.2, 0.25) is 0 Å². The van der Waals surface area contributed by atoms with Gasteiger partial charge >= 0.3 is 19.8 Å². The molecule has 0 aliphatic carbocycles. The van der Waals surface area contributed by atoms with Crippen molar-refractivity contribution in [1.29, 1.82) is 0 Å². The monoisotopic (exact) mass is 282 g/mol. The van der Waals surface area contributed by atoms with Gasteiger partial charge < -0.3 is 5.11 Å². The van der Waals surface area contributed by atoms with Crippen molar-refractivity contribution >= 4 is 26.3 Å². The highest BCUT2D eigenvalue weighted by molar-refractivity contribution is 14.2. The largest absolute Gasteiger partial charge is 0.483 e. The van der Waals surface area contributed by atoms with E-state index in [9.17, 15) is 6.14 Å². The van der Waals surface area contributed by atoms with Gasteiger partial charge in [0.15, 0.2) is 0 Å². The maximum Gasteiger partial charge on any atom is 0.340 e. The lowest BCUT2D eigenvalue weighted by Gasteiger charge is -1.81. The summed E-state index contributed by atoms with van der Waals surface area (Å²) in [6.07, 6.45) is 0. The smallest absolute Gasteiger partial charge is 0.340 e. The molecule has 0 saturated heterocycles. The third kappa shape index (κ3) is 4.78. The highest BCUT2D eigenvalue weighted by Gasteiger charge is 1.91. The summed E-state index contributed by atoms with van der Waals surface area (Å²) in [5, 5.41) is 6.89. The Morgan fingerprint density at radius 1 is 1.17 bits per heavy atom. The van der Waals surface area contributed by atoms with Crippen LogP contribution in [0.5, 0.6) is 0 Å². The Kier molecular flexibility index (Phi) is 6.16. The lowest BCUT2D eigenvalue weighted by atomic mass is 10.4. The molecule has 0 fully saturated rings. The van der Waals surface area contributed by atoms with Gasteiger partial charge in [-0.15, -0.1) is 0 Å². The number of hydrogen-bond acceptors (Lipinski definition) is 3. The molecule has 1 aromatic rings. The average molecular weight is 282 g/mol. The summed E-state index contributed by atoms with van der Waals surface area (Å²) in [5.74, 6) is 0. The molecule has 12 heavy (non-hydrogen) atoms. The summed E-state index contributed by atoms with van der Waals surface area (Å²) in [6, 6.07) is 8.43. The molecule has 1 rings (SSSR count). The molecule has 4 nitrogen and oxygen atoms in total. The Bertz CT molecular complexity index is 284. The second-order valence-corrected chi connectivity index (χ2v) is 4.10. The second kappa shape index (κ2) is 6.71. The summed E-state index contributed by atoms with van der Waals surface area (Å²) >= 11 is -3.18. The van der Waals surface area contributed by atoms with Crippen molar-refractivity contribution in [2.24, 2.45) is 0 Å². The molecule has 1 aromatic carbocycles. The fourth-order valence-electron chi connectivity index (χ4n) is 0.518. The van der Waals surface area contributed by atoms with Gasteiger partial charge in [0.1, 0.15) is 0 Å². The van der Waals surface area contributed by atoms with Crippen LogP contribution in [0.3, 0.4) is 0 Å². The van der Waals surface area contributed by atoms with Crippen molar-refractivity contribution in [3.8, 4) is 0 Å². The van der Waals surface area contributed by atoms with Crippen LogP contribution in [0.1, 0.15) is 0 Å². The summed E-state index contributed by atoms with van der Waals surface area (Å²) < 4.78 is 21.1. The topological polar surface area (TPSA) is 71.4 Å². The standard InChI is InChI=1S/C6H5IO2.CH2O2/c8-7(9)6-4-2-1-3-5-6;2-1-3/h1-5H;1H,(H,2,3). The molecule has 0 spiro atoms. The predicted molar refractivity (Wildman–Crippen MR) is 49.2 cm³/mol. The van der Waals surface area contributed by atoms with Gasteiger partial charge in [-0.25, -0.2) is 6.14 Å². The Hall–Kier alpha value is -0.980. The van der Waals surface area contributed by atoms with Crippen molar-refractivity contribution in [2.45, 2.75) is 0 Å². The maximum absolute atomic E-state index is 10.3. The summed E-state index contributed by atoms with van der Waals surface area (Å²) in [4.78, 5) is 8.36. The van der Waals surface area contributed by atoms with E-state index in [1.54, 1.807) is 30.3 Å². The first-order valence-electron chi connectivity index (χ1n) is 2.90. The summed E-state index contributed by atoms with van der Waals surface area (Å²) in [5.41, 5.74) is 0. The van der Waals surface area contributed by atoms with E-state index in [0.29, 0.717) is 3.57 Å². The zero-order valence-electron chi connectivity index (χ0n) is 6.01. The van der Waals surface area contributed by atoms with E-state index in [4.69, 9.17) is 9.90 Å². The van der Waals surface area contributed by atoms with Crippen LogP contribution in [-0.4, -0.2) is 11.6 Å². The highest BCUT2D eigenvalue weighted by atomic mass is 127. The van der Waals surface area contributed by atoms with E-state index in [0.717, 1.165) is 0 Å². The number of halogens is 1. The van der Waals surface area contributed by atoms with E-state index >= 15 is 0 Å². The van der Waals surface area contributed by atoms with Gasteiger partial charge in [0.05, 0.1) is 3.57 Å². The van der Waals surface area contributed by atoms with Gasteiger partial charge in [-0.2, -0.15) is 0 Å². The van der Waals surface area contributed by atoms with E-state index in [2.05, 4.69) is 0 Å². The first-order valence-corrected chi connectivity index (χ1v) is 5.74. The fraction of sp³-hybridized carbons (Fsp3) is 0. The van der Waals surface area contributed by atoms with Crippen LogP contribution in [0.15, 0.2) is 30.3 Å². The third-order valence-electron chi connectivity index (χ3n) is 0.911. The average Bonchev–Trinajstić information content (AvgIpc) is 2.07. The van der Waals surface area contributed by atoms with Crippen LogP contribution < -0.4 is 0 Å². The van der Waals surface area contributed by atoms with Gasteiger partial charge in [-0.1, -0.05) is 18.2 Å². The number of carbonyl (C=O) groups is 1. The third-order valence-corrected chi connectivity index (χ3v) is 2.65. The zero-order valence-corrected chi connectivity index (χ0v) is 8.17. The van der Waals surface area contributed by atoms with Gasteiger partial charge in [0.2, 0.25) is 0 Å². The molecule has 0 aliphatic rings. The Balaban J connectivity index is 0.000000354. The molecule has 0 aliphatic heterocycles. The quantitative estimate of drug-likeness (QED) is 0.629. The van der Waals surface area contributed by atoms with Gasteiger partial charge in [0, 0.05) is 0 Å². The van der Waals surface area contributed by atoms with Crippen LogP contribution >= 0.6 is 19.8 Å². The molecular formula is C7H7IO4. The molecule has 0 heterocycles. The molecule has 0 aromatic heterocycles. The normalized spacial score (nSPS) is 8.42. The van der Waals surface area contributed by atoms with Crippen LogP contribution in [0, 0.1) is 3.57 Å². The first-order chi connectivity index (χ1) is 5.72. The highest BCUT2D eigenvalue weighted by Crippen LogP contribution is 2.14. The summed E-state index contributed by atoms with van der Waals surface area (Å²) in [7, 11) is 0. The second-order valence-electron chi connectivity index (χ2n) is 1.62. The number of benzene rings is 1. The first kappa shape index (κ1) is 11.0. The predicted octanol–water partition coefficient (Wildman–Crippen LogP) is 1.75. The van der Waals surface area contributed by atoms with Crippen molar-refractivity contribution in [2.75, 3.05) is 0 Å². The molecule has 0 unspecified atom stereocenters. The molecule has 0 bridgehead atoms. The SMILES string of the molecule is O=CO.O=I(=O)c1ccccc1. The minimum absolute atomic E-state index is 0.250. The number of rotatable bonds is 1. The molecule has 0 saturated carbocycles. The summed E-state index contributed by atoms with van der Waals surface area (Å²) in [6.45, 7) is -0.250. The maximum atomic E-state index is 10.3. The minimum Gasteiger partial charge on any atom is -0.483 e. The van der Waals surface area contributed by atoms with Crippen molar-refractivity contribution in [1.82, 2.24) is 0 Å². The lowest BCUT2D eigenvalue weighted by molar-refractivity contribution is -0.122. The molecule has 0 amide bonds. The van der Waals surface area contributed by atoms with Gasteiger partial charge in [0.25, 0.3) is 6.47 Å². The van der Waals surface area contributed by atoms with E-state index in [1.807, 2.05) is 0 Å². The van der Waals surface area contributed by atoms with Crippen molar-refractivity contribution in [3.63, 3.8) is 0 Å². The van der Waals surface area contributed by atoms with Crippen molar-refractivity contribution in [3.05, 3.63) is 33.9 Å². The fourth-order valence-corrected chi connectivity index (χ4v) is 1.52. The Labute approximate surface area is 76.4 Å². The van der Waals surface area contributed by atoms with E-state index < -0.39 is 19.8 Å². The molecule has 1 N–H and O–H groups in total. The molecule has 0 radical (unpaired) electrons. The Morgan fingerprint density at radius 3 is 1.83 bits per heavy atom. The van der Waals surface area contributed by atoms with Gasteiger partial charge in [-0.05, 0) is 12.1 Å². The van der Waals surface area contributed by atoms with Crippen LogP contribution in [0.25, 0.3) is 0 Å². The molecular weight excluding hydrogens is 275 g/mol. The number of carboxylic acid groups (broad SMARTS) is 1. The molecule has 5 heteroatoms. The lowest BCUT2D eigenvalue weighted by Crippen LogP contribution is -1.65. The minimum atomic E-state index is -3.18. The van der Waals surface area contributed by atoms with Crippen molar-refractivity contribution < 1.29 is 16.0 Å². The molecule has 0 atom stereocenters. The Morgan fingerprint density at radius 2 is 1.58 bits per heavy atom. The van der Waals surface area contributed by atoms with E-state index in [-0.39, 0.29) is 6.47 Å². The molecule has 66 valence electrons. The zero-order chi connectivity index (χ0) is 9.40. The number of hydrogen-bond donors (Lipinski definition) is 1. The van der Waals surface area contributed by atoms with Gasteiger partial charge in [-0.3, -0.25) is 4.79 Å². The van der Waals surface area contributed by atoms with Crippen LogP contribution in [0.4, 0.5) is 0 Å². The van der Waals surface area contributed by atoms with Crippen LogP contribution in [-0.2, 0) is 10.9 Å².